The van der Waals surface area contributed by atoms with Gasteiger partial charge in [0.15, 0.2) is 0 Å². The van der Waals surface area contributed by atoms with Crippen molar-refractivity contribution in [3.05, 3.63) is 18.0 Å². The molecule has 7 nitrogen and oxygen atoms in total. The molecule has 1 aliphatic heterocycles. The molecule has 1 fully saturated rings. The molecule has 0 bridgehead atoms. The smallest absolute Gasteiger partial charge is 0.265 e. The van der Waals surface area contributed by atoms with Crippen LogP contribution in [0.15, 0.2) is 17.2 Å². The quantitative estimate of drug-likeness (QED) is 0.779. The van der Waals surface area contributed by atoms with Crippen molar-refractivity contribution >= 4 is 15.9 Å². The van der Waals surface area contributed by atoms with Crippen LogP contribution in [-0.4, -0.2) is 42.8 Å². The van der Waals surface area contributed by atoms with Crippen LogP contribution < -0.4 is 11.5 Å². The Bertz CT molecular complexity index is 600. The largest absolute Gasteiger partial charge is 0.364 e. The molecule has 112 valence electrons. The van der Waals surface area contributed by atoms with Crippen LogP contribution in [0.25, 0.3) is 0 Å². The highest BCUT2D eigenvalue weighted by Gasteiger charge is 2.30. The van der Waals surface area contributed by atoms with E-state index in [4.69, 9.17) is 11.5 Å². The molecule has 20 heavy (non-hydrogen) atoms. The summed E-state index contributed by atoms with van der Waals surface area (Å²) in [6, 6.07) is 1.33. The van der Waals surface area contributed by atoms with Crippen LogP contribution in [0.5, 0.6) is 0 Å². The lowest BCUT2D eigenvalue weighted by atomic mass is 9.99. The Kier molecular flexibility index (Phi) is 4.17. The summed E-state index contributed by atoms with van der Waals surface area (Å²) in [4.78, 5) is 11.3. The van der Waals surface area contributed by atoms with E-state index in [0.717, 1.165) is 12.8 Å². The topological polar surface area (TPSA) is 111 Å². The van der Waals surface area contributed by atoms with Crippen molar-refractivity contribution in [1.82, 2.24) is 8.87 Å². The van der Waals surface area contributed by atoms with Gasteiger partial charge < -0.3 is 16.0 Å². The molecule has 8 heteroatoms. The molecule has 4 N–H and O–H groups in total. The fraction of sp³-hybridized carbons (Fsp3) is 0.583. The van der Waals surface area contributed by atoms with Crippen molar-refractivity contribution < 1.29 is 13.2 Å². The summed E-state index contributed by atoms with van der Waals surface area (Å²) in [5.74, 6) is -0.255. The first-order valence-electron chi connectivity index (χ1n) is 6.52. The molecule has 1 aliphatic rings. The highest BCUT2D eigenvalue weighted by atomic mass is 32.2. The lowest BCUT2D eigenvalue weighted by Crippen LogP contribution is -2.39. The molecule has 2 heterocycles. The van der Waals surface area contributed by atoms with Crippen molar-refractivity contribution in [3.63, 3.8) is 0 Å². The molecule has 0 aliphatic carbocycles. The van der Waals surface area contributed by atoms with E-state index in [-0.39, 0.29) is 10.6 Å². The number of piperidine rings is 1. The minimum absolute atomic E-state index is 0.111. The molecule has 0 atom stereocenters. The molecule has 1 aromatic rings. The minimum atomic E-state index is -3.56. The first-order valence-corrected chi connectivity index (χ1v) is 7.96. The van der Waals surface area contributed by atoms with E-state index >= 15 is 0 Å². The number of carbonyl (C=O) groups is 1. The van der Waals surface area contributed by atoms with E-state index in [1.165, 1.54) is 21.1 Å². The van der Waals surface area contributed by atoms with Crippen molar-refractivity contribution in [2.45, 2.75) is 17.7 Å². The van der Waals surface area contributed by atoms with E-state index < -0.39 is 15.9 Å². The van der Waals surface area contributed by atoms with Gasteiger partial charge in [-0.2, -0.15) is 4.31 Å². The summed E-state index contributed by atoms with van der Waals surface area (Å²) in [6.45, 7) is 1.51. The molecule has 0 aromatic carbocycles. The monoisotopic (exact) mass is 300 g/mol. The number of amides is 1. The summed E-state index contributed by atoms with van der Waals surface area (Å²) in [6.07, 6.45) is 2.96. The number of nitrogens with zero attached hydrogens (tertiary/aromatic N) is 2. The van der Waals surface area contributed by atoms with Gasteiger partial charge in [-0.1, -0.05) is 0 Å². The Morgan fingerprint density at radius 2 is 2.00 bits per heavy atom. The van der Waals surface area contributed by atoms with Crippen LogP contribution in [0.1, 0.15) is 23.3 Å². The number of aromatic nitrogens is 1. The van der Waals surface area contributed by atoms with Gasteiger partial charge in [-0.05, 0) is 31.4 Å². The Labute approximate surface area is 118 Å². The van der Waals surface area contributed by atoms with Crippen LogP contribution in [0, 0.1) is 5.92 Å². The fourth-order valence-electron chi connectivity index (χ4n) is 2.45. The van der Waals surface area contributed by atoms with E-state index in [9.17, 15) is 13.2 Å². The van der Waals surface area contributed by atoms with Gasteiger partial charge in [0.05, 0.1) is 0 Å². The third-order valence-corrected chi connectivity index (χ3v) is 5.64. The Morgan fingerprint density at radius 1 is 1.40 bits per heavy atom. The predicted molar refractivity (Wildman–Crippen MR) is 74.5 cm³/mol. The van der Waals surface area contributed by atoms with Crippen molar-refractivity contribution in [1.29, 1.82) is 0 Å². The molecular weight excluding hydrogens is 280 g/mol. The zero-order valence-electron chi connectivity index (χ0n) is 11.4. The lowest BCUT2D eigenvalue weighted by molar-refractivity contribution is 0.0992. The summed E-state index contributed by atoms with van der Waals surface area (Å²) >= 11 is 0. The number of hydrogen-bond donors (Lipinski definition) is 2. The summed E-state index contributed by atoms with van der Waals surface area (Å²) in [5.41, 5.74) is 11.0. The number of aryl methyl sites for hydroxylation is 1. The first-order chi connectivity index (χ1) is 9.36. The number of carbonyl (C=O) groups excluding carboxylic acids is 1. The van der Waals surface area contributed by atoms with Gasteiger partial charge in [0, 0.05) is 26.3 Å². The molecule has 0 radical (unpaired) electrons. The van der Waals surface area contributed by atoms with E-state index in [1.54, 1.807) is 7.05 Å². The van der Waals surface area contributed by atoms with Crippen molar-refractivity contribution in [2.24, 2.45) is 24.4 Å². The minimum Gasteiger partial charge on any atom is -0.364 e. The van der Waals surface area contributed by atoms with Crippen LogP contribution >= 0.6 is 0 Å². The molecule has 1 aromatic heterocycles. The third-order valence-electron chi connectivity index (χ3n) is 3.78. The summed E-state index contributed by atoms with van der Waals surface area (Å²) in [7, 11) is -1.97. The maximum atomic E-state index is 12.5. The number of nitrogens with two attached hydrogens (primary N) is 2. The van der Waals surface area contributed by atoms with Gasteiger partial charge >= 0.3 is 0 Å². The molecule has 2 rings (SSSR count). The van der Waals surface area contributed by atoms with Gasteiger partial charge in [0.2, 0.25) is 10.0 Å². The standard InChI is InChI=1S/C12H20N4O3S/c1-15-8-10(6-11(15)12(14)17)20(18,19)16-4-2-9(7-13)3-5-16/h6,8-9H,2-5,7,13H2,1H3,(H2,14,17). The van der Waals surface area contributed by atoms with E-state index in [1.807, 2.05) is 0 Å². The van der Waals surface area contributed by atoms with Gasteiger partial charge in [-0.3, -0.25) is 4.79 Å². The van der Waals surface area contributed by atoms with E-state index in [0.29, 0.717) is 25.6 Å². The Balaban J connectivity index is 2.23. The van der Waals surface area contributed by atoms with E-state index in [2.05, 4.69) is 0 Å². The number of rotatable bonds is 4. The lowest BCUT2D eigenvalue weighted by Gasteiger charge is -2.30. The number of primary amides is 1. The zero-order chi connectivity index (χ0) is 14.9. The van der Waals surface area contributed by atoms with Crippen LogP contribution in [0.2, 0.25) is 0 Å². The van der Waals surface area contributed by atoms with Crippen LogP contribution in [-0.2, 0) is 17.1 Å². The molecule has 1 amide bonds. The van der Waals surface area contributed by atoms with Crippen LogP contribution in [0.4, 0.5) is 0 Å². The van der Waals surface area contributed by atoms with Gasteiger partial charge in [0.25, 0.3) is 5.91 Å². The second-order valence-corrected chi connectivity index (χ2v) is 7.06. The molecular formula is C12H20N4O3S. The van der Waals surface area contributed by atoms with Crippen molar-refractivity contribution in [2.75, 3.05) is 19.6 Å². The molecule has 0 spiro atoms. The van der Waals surface area contributed by atoms with Gasteiger partial charge in [-0.25, -0.2) is 8.42 Å². The molecule has 0 saturated carbocycles. The average Bonchev–Trinajstić information content (AvgIpc) is 2.82. The molecule has 1 saturated heterocycles. The first kappa shape index (κ1) is 15.0. The van der Waals surface area contributed by atoms with Crippen LogP contribution in [0.3, 0.4) is 0 Å². The highest BCUT2D eigenvalue weighted by Crippen LogP contribution is 2.24. The fourth-order valence-corrected chi connectivity index (χ4v) is 4.00. The Hall–Kier alpha value is -1.38. The third kappa shape index (κ3) is 2.72. The Morgan fingerprint density at radius 3 is 2.45 bits per heavy atom. The van der Waals surface area contributed by atoms with Gasteiger partial charge in [0.1, 0.15) is 10.6 Å². The summed E-state index contributed by atoms with van der Waals surface area (Å²) in [5, 5.41) is 0. The number of hydrogen-bond acceptors (Lipinski definition) is 4. The number of sulfonamides is 1. The second-order valence-electron chi connectivity index (χ2n) is 5.12. The summed E-state index contributed by atoms with van der Waals surface area (Å²) < 4.78 is 27.9. The maximum Gasteiger partial charge on any atom is 0.265 e. The predicted octanol–water partition coefficient (Wildman–Crippen LogP) is -0.517. The highest BCUT2D eigenvalue weighted by molar-refractivity contribution is 7.89. The van der Waals surface area contributed by atoms with Gasteiger partial charge in [-0.15, -0.1) is 0 Å². The SMILES string of the molecule is Cn1cc(S(=O)(=O)N2CCC(CN)CC2)cc1C(N)=O. The zero-order valence-corrected chi connectivity index (χ0v) is 12.3. The normalized spacial score (nSPS) is 18.3. The second kappa shape index (κ2) is 5.55. The average molecular weight is 300 g/mol. The molecule has 0 unspecified atom stereocenters. The maximum absolute atomic E-state index is 12.5. The van der Waals surface area contributed by atoms with Crippen molar-refractivity contribution in [3.8, 4) is 0 Å².